The molecule has 0 bridgehead atoms. The van der Waals surface area contributed by atoms with Gasteiger partial charge in [0.2, 0.25) is 0 Å². The highest BCUT2D eigenvalue weighted by molar-refractivity contribution is 7.99. The molecule has 0 aliphatic rings. The second kappa shape index (κ2) is 8.61. The van der Waals surface area contributed by atoms with E-state index >= 15 is 0 Å². The summed E-state index contributed by atoms with van der Waals surface area (Å²) in [5.74, 6) is 0.606. The first-order valence-electron chi connectivity index (χ1n) is 9.75. The molecule has 0 spiro atoms. The fraction of sp³-hybridized carbons (Fsp3) is 0.0769. The number of hydrogen-bond acceptors (Lipinski definition) is 5. The van der Waals surface area contributed by atoms with Gasteiger partial charge in [0, 0.05) is 20.1 Å². The van der Waals surface area contributed by atoms with Crippen LogP contribution >= 0.6 is 24.4 Å². The Balaban J connectivity index is 1.75. The van der Waals surface area contributed by atoms with Crippen molar-refractivity contribution in [2.75, 3.05) is 0 Å². The Hall–Kier alpha value is -3.02. The van der Waals surface area contributed by atoms with Gasteiger partial charge in [-0.05, 0) is 84.3 Å². The summed E-state index contributed by atoms with van der Waals surface area (Å²) >= 11 is 6.03. The molecule has 3 nitrogen and oxygen atoms in total. The number of aromatic hydroxyl groups is 3. The summed E-state index contributed by atoms with van der Waals surface area (Å²) in [6, 6.07) is 28.1. The van der Waals surface area contributed by atoms with Crippen LogP contribution in [0.1, 0.15) is 23.6 Å². The molecule has 5 heteroatoms. The molecule has 3 N–H and O–H groups in total. The van der Waals surface area contributed by atoms with Gasteiger partial charge in [-0.2, -0.15) is 0 Å². The lowest BCUT2D eigenvalue weighted by Gasteiger charge is -2.32. The van der Waals surface area contributed by atoms with E-state index in [-0.39, 0.29) is 17.2 Å². The lowest BCUT2D eigenvalue weighted by atomic mass is 9.71. The minimum atomic E-state index is -0.513. The molecule has 0 amide bonds. The molecular formula is C26H22O3S2. The molecule has 4 rings (SSSR count). The highest BCUT2D eigenvalue weighted by Crippen LogP contribution is 2.42. The number of hydrogen-bond donors (Lipinski definition) is 4. The summed E-state index contributed by atoms with van der Waals surface area (Å²) in [7, 11) is 0. The van der Waals surface area contributed by atoms with Crippen LogP contribution in [0, 0.1) is 0 Å². The van der Waals surface area contributed by atoms with Gasteiger partial charge in [0.1, 0.15) is 17.2 Å². The first-order valence-corrected chi connectivity index (χ1v) is 11.0. The topological polar surface area (TPSA) is 60.7 Å². The van der Waals surface area contributed by atoms with Crippen molar-refractivity contribution in [1.82, 2.24) is 0 Å². The lowest BCUT2D eigenvalue weighted by molar-refractivity contribution is 0.461. The van der Waals surface area contributed by atoms with Crippen LogP contribution in [0.4, 0.5) is 0 Å². The van der Waals surface area contributed by atoms with Crippen molar-refractivity contribution in [3.05, 3.63) is 108 Å². The Morgan fingerprint density at radius 2 is 1.03 bits per heavy atom. The summed E-state index contributed by atoms with van der Waals surface area (Å²) in [5, 5.41) is 29.2. The van der Waals surface area contributed by atoms with Crippen LogP contribution < -0.4 is 0 Å². The van der Waals surface area contributed by atoms with Gasteiger partial charge in [0.05, 0.1) is 0 Å². The van der Waals surface area contributed by atoms with Crippen molar-refractivity contribution in [2.45, 2.75) is 27.0 Å². The van der Waals surface area contributed by atoms with Crippen LogP contribution in [0.25, 0.3) is 0 Å². The first-order chi connectivity index (χ1) is 14.9. The molecule has 4 aromatic rings. The maximum absolute atomic E-state index is 9.95. The first kappa shape index (κ1) is 21.2. The van der Waals surface area contributed by atoms with Crippen LogP contribution in [-0.2, 0) is 5.41 Å². The predicted octanol–water partition coefficient (Wildman–Crippen LogP) is 6.60. The highest BCUT2D eigenvalue weighted by atomic mass is 32.2. The van der Waals surface area contributed by atoms with Gasteiger partial charge in [-0.3, -0.25) is 0 Å². The highest BCUT2D eigenvalue weighted by Gasteiger charge is 2.31. The largest absolute Gasteiger partial charge is 0.508 e. The summed E-state index contributed by atoms with van der Waals surface area (Å²) in [6.07, 6.45) is 0. The Morgan fingerprint density at radius 1 is 0.613 bits per heavy atom. The van der Waals surface area contributed by atoms with Gasteiger partial charge in [-0.15, -0.1) is 12.6 Å². The van der Waals surface area contributed by atoms with Crippen molar-refractivity contribution in [2.24, 2.45) is 0 Å². The van der Waals surface area contributed by atoms with Gasteiger partial charge in [0.15, 0.2) is 0 Å². The lowest BCUT2D eigenvalue weighted by Crippen LogP contribution is -2.25. The maximum atomic E-state index is 9.95. The molecular weight excluding hydrogens is 424 g/mol. The van der Waals surface area contributed by atoms with Crippen LogP contribution in [0.5, 0.6) is 17.2 Å². The van der Waals surface area contributed by atoms with Crippen molar-refractivity contribution in [3.8, 4) is 17.2 Å². The number of rotatable bonds is 5. The maximum Gasteiger partial charge on any atom is 0.128 e. The number of phenolic OH excluding ortho intramolecular Hbond substituents is 3. The predicted molar refractivity (Wildman–Crippen MR) is 128 cm³/mol. The van der Waals surface area contributed by atoms with Crippen molar-refractivity contribution in [3.63, 3.8) is 0 Å². The molecule has 0 saturated carbocycles. The van der Waals surface area contributed by atoms with Crippen molar-refractivity contribution < 1.29 is 15.3 Å². The molecule has 0 aliphatic carbocycles. The van der Waals surface area contributed by atoms with E-state index in [0.717, 1.165) is 26.5 Å². The zero-order valence-electron chi connectivity index (χ0n) is 16.9. The van der Waals surface area contributed by atoms with Gasteiger partial charge >= 0.3 is 0 Å². The Morgan fingerprint density at radius 3 is 1.55 bits per heavy atom. The molecule has 0 fully saturated rings. The van der Waals surface area contributed by atoms with Crippen molar-refractivity contribution in [1.29, 1.82) is 0 Å². The van der Waals surface area contributed by atoms with Gasteiger partial charge in [0.25, 0.3) is 0 Å². The van der Waals surface area contributed by atoms with E-state index in [4.69, 9.17) is 0 Å². The molecule has 0 saturated heterocycles. The third kappa shape index (κ3) is 4.38. The number of benzene rings is 4. The van der Waals surface area contributed by atoms with E-state index in [9.17, 15) is 15.3 Å². The van der Waals surface area contributed by atoms with E-state index in [2.05, 4.69) is 43.8 Å². The normalized spacial score (nSPS) is 13.0. The fourth-order valence-electron chi connectivity index (χ4n) is 3.64. The average molecular weight is 447 g/mol. The van der Waals surface area contributed by atoms with E-state index in [1.807, 2.05) is 36.4 Å². The van der Waals surface area contributed by atoms with E-state index in [1.165, 1.54) is 0 Å². The van der Waals surface area contributed by atoms with Crippen molar-refractivity contribution >= 4 is 24.4 Å². The number of phenols is 3. The van der Waals surface area contributed by atoms with Crippen LogP contribution in [-0.4, -0.2) is 15.3 Å². The fourth-order valence-corrected chi connectivity index (χ4v) is 4.67. The van der Waals surface area contributed by atoms with E-state index < -0.39 is 5.41 Å². The van der Waals surface area contributed by atoms with E-state index in [0.29, 0.717) is 4.90 Å². The zero-order valence-corrected chi connectivity index (χ0v) is 18.6. The van der Waals surface area contributed by atoms with Gasteiger partial charge in [-0.1, -0.05) is 42.1 Å². The second-order valence-corrected chi connectivity index (χ2v) is 9.12. The van der Waals surface area contributed by atoms with Crippen LogP contribution in [0.15, 0.2) is 106 Å². The standard InChI is InChI=1S/C26H22O3S2/c1-26(17-2-7-20(27)8-3-17,19-6-15-24(29)25(30)16-19)18-4-11-22(12-5-18)31-23-13-9-21(28)10-14-23/h2-16,27-30H,1H3. The zero-order chi connectivity index (χ0) is 22.0. The molecule has 31 heavy (non-hydrogen) atoms. The van der Waals surface area contributed by atoms with Gasteiger partial charge < -0.3 is 15.3 Å². The molecule has 0 aliphatic heterocycles. The minimum Gasteiger partial charge on any atom is -0.508 e. The quantitative estimate of drug-likeness (QED) is 0.206. The molecule has 1 unspecified atom stereocenters. The summed E-state index contributed by atoms with van der Waals surface area (Å²) in [6.45, 7) is 2.13. The van der Waals surface area contributed by atoms with E-state index in [1.54, 1.807) is 42.1 Å². The van der Waals surface area contributed by atoms with Crippen LogP contribution in [0.3, 0.4) is 0 Å². The minimum absolute atomic E-state index is 0.140. The molecule has 0 radical (unpaired) electrons. The molecule has 156 valence electrons. The van der Waals surface area contributed by atoms with Crippen LogP contribution in [0.2, 0.25) is 0 Å². The molecule has 4 aromatic carbocycles. The SMILES string of the molecule is CC(c1ccc(O)cc1)(c1ccc(Sc2ccc(O)cc2)cc1)c1ccc(O)c(S)c1. The smallest absolute Gasteiger partial charge is 0.128 e. The second-order valence-electron chi connectivity index (χ2n) is 7.50. The Labute approximate surface area is 191 Å². The summed E-state index contributed by atoms with van der Waals surface area (Å²) < 4.78 is 0. The third-order valence-electron chi connectivity index (χ3n) is 5.50. The molecule has 0 heterocycles. The summed E-state index contributed by atoms with van der Waals surface area (Å²) in [5.41, 5.74) is 2.56. The Bertz CT molecular complexity index is 1190. The summed E-state index contributed by atoms with van der Waals surface area (Å²) in [4.78, 5) is 2.65. The molecule has 0 aromatic heterocycles. The van der Waals surface area contributed by atoms with Gasteiger partial charge in [-0.25, -0.2) is 0 Å². The average Bonchev–Trinajstić information content (AvgIpc) is 2.78. The monoisotopic (exact) mass is 446 g/mol. The third-order valence-corrected chi connectivity index (χ3v) is 6.88. The Kier molecular flexibility index (Phi) is 5.90. The number of thiol groups is 1. The molecule has 1 atom stereocenters.